The van der Waals surface area contributed by atoms with Crippen LogP contribution in [-0.2, 0) is 4.74 Å². The number of carbonyl (C=O) groups is 1. The number of hydrogen-bond donors (Lipinski definition) is 0. The minimum atomic E-state index is -0.883. The normalized spacial score (nSPS) is 10.3. The summed E-state index contributed by atoms with van der Waals surface area (Å²) >= 11 is 6.43. The summed E-state index contributed by atoms with van der Waals surface area (Å²) in [4.78, 5) is 15.0. The van der Waals surface area contributed by atoms with Gasteiger partial charge in [0.2, 0.25) is 5.75 Å². The van der Waals surface area contributed by atoms with Crippen molar-refractivity contribution in [3.63, 3.8) is 0 Å². The molecule has 0 spiro atoms. The van der Waals surface area contributed by atoms with E-state index in [9.17, 15) is 13.6 Å². The van der Waals surface area contributed by atoms with Crippen molar-refractivity contribution >= 4 is 28.9 Å². The molecule has 100 valence electrons. The van der Waals surface area contributed by atoms with Crippen LogP contribution in [0.5, 0.6) is 10.9 Å². The van der Waals surface area contributed by atoms with Gasteiger partial charge in [-0.1, -0.05) is 29.0 Å². The zero-order valence-corrected chi connectivity index (χ0v) is 11.0. The highest BCUT2D eigenvalue weighted by Gasteiger charge is 2.20. The third-order valence-corrected chi connectivity index (χ3v) is 3.34. The van der Waals surface area contributed by atoms with Crippen molar-refractivity contribution in [2.45, 2.75) is 0 Å². The van der Waals surface area contributed by atoms with Crippen LogP contribution in [0.2, 0.25) is 5.15 Å². The summed E-state index contributed by atoms with van der Waals surface area (Å²) < 4.78 is 36.1. The van der Waals surface area contributed by atoms with E-state index in [1.807, 2.05) is 0 Å². The Morgan fingerprint density at radius 3 is 2.58 bits per heavy atom. The Bertz CT molecular complexity index is 612. The molecule has 8 heteroatoms. The van der Waals surface area contributed by atoms with E-state index in [1.54, 1.807) is 0 Å². The lowest BCUT2D eigenvalue weighted by atomic mass is 10.3. The number of hydrogen-bond acceptors (Lipinski definition) is 5. The lowest BCUT2D eigenvalue weighted by Gasteiger charge is -2.03. The maximum absolute atomic E-state index is 13.4. The Hall–Kier alpha value is -1.73. The largest absolute Gasteiger partial charge is 0.465 e. The quantitative estimate of drug-likeness (QED) is 0.812. The van der Waals surface area contributed by atoms with Crippen molar-refractivity contribution in [3.8, 4) is 10.9 Å². The van der Waals surface area contributed by atoms with E-state index in [0.29, 0.717) is 0 Å². The first-order valence-electron chi connectivity index (χ1n) is 4.89. The summed E-state index contributed by atoms with van der Waals surface area (Å²) in [5.74, 6) is -3.08. The van der Waals surface area contributed by atoms with Crippen LogP contribution in [0.3, 0.4) is 0 Å². The lowest BCUT2D eigenvalue weighted by molar-refractivity contribution is 0.0606. The number of rotatable bonds is 3. The first-order chi connectivity index (χ1) is 9.02. The maximum atomic E-state index is 13.4. The number of nitrogens with zero attached hydrogens (tertiary/aromatic N) is 1. The minimum Gasteiger partial charge on any atom is -0.465 e. The number of benzene rings is 1. The smallest absolute Gasteiger partial charge is 0.351 e. The van der Waals surface area contributed by atoms with Crippen molar-refractivity contribution < 1.29 is 23.0 Å². The monoisotopic (exact) mass is 305 g/mol. The minimum absolute atomic E-state index is 0.00378. The molecule has 19 heavy (non-hydrogen) atoms. The molecule has 0 fully saturated rings. The number of para-hydroxylation sites is 1. The van der Waals surface area contributed by atoms with Gasteiger partial charge in [0.05, 0.1) is 7.11 Å². The SMILES string of the molecule is COC(=O)c1sc(Oc2c(F)cccc2F)nc1Cl. The first-order valence-corrected chi connectivity index (χ1v) is 6.09. The molecule has 2 rings (SSSR count). The average molecular weight is 306 g/mol. The molecule has 1 aromatic heterocycles. The van der Waals surface area contributed by atoms with Gasteiger partial charge in [0.15, 0.2) is 21.7 Å². The summed E-state index contributed by atoms with van der Waals surface area (Å²) in [5.41, 5.74) is 0. The molecule has 0 saturated carbocycles. The standard InChI is InChI=1S/C11H6ClF2NO3S/c1-17-10(16)8-9(12)15-11(19-8)18-7-5(13)3-2-4-6(7)14/h2-4H,1H3. The second kappa shape index (κ2) is 5.50. The molecule has 2 aromatic rings. The van der Waals surface area contributed by atoms with Gasteiger partial charge in [-0.25, -0.2) is 13.6 Å². The highest BCUT2D eigenvalue weighted by atomic mass is 35.5. The van der Waals surface area contributed by atoms with E-state index < -0.39 is 23.4 Å². The third kappa shape index (κ3) is 2.82. The molecule has 0 N–H and O–H groups in total. The second-order valence-electron chi connectivity index (χ2n) is 3.24. The number of halogens is 3. The summed E-state index contributed by atoms with van der Waals surface area (Å²) in [5, 5.41) is -0.307. The van der Waals surface area contributed by atoms with Crippen LogP contribution < -0.4 is 4.74 Å². The Balaban J connectivity index is 2.32. The molecule has 1 aromatic carbocycles. The molecule has 4 nitrogen and oxygen atoms in total. The Labute approximate surface area is 115 Å². The topological polar surface area (TPSA) is 48.4 Å². The summed E-state index contributed by atoms with van der Waals surface area (Å²) in [6, 6.07) is 3.27. The van der Waals surface area contributed by atoms with Gasteiger partial charge in [0, 0.05) is 0 Å². The predicted octanol–water partition coefficient (Wildman–Crippen LogP) is 3.65. The fourth-order valence-electron chi connectivity index (χ4n) is 1.21. The van der Waals surface area contributed by atoms with Crippen LogP contribution >= 0.6 is 22.9 Å². The number of methoxy groups -OCH3 is 1. The summed E-state index contributed by atoms with van der Waals surface area (Å²) in [6.45, 7) is 0. The molecule has 0 bridgehead atoms. The summed E-state index contributed by atoms with van der Waals surface area (Å²) in [6.07, 6.45) is 0. The van der Waals surface area contributed by atoms with E-state index in [2.05, 4.69) is 9.72 Å². The van der Waals surface area contributed by atoms with Gasteiger partial charge in [-0.2, -0.15) is 4.98 Å². The van der Waals surface area contributed by atoms with Gasteiger partial charge in [-0.15, -0.1) is 0 Å². The zero-order valence-electron chi connectivity index (χ0n) is 9.45. The number of carbonyl (C=O) groups excluding carboxylic acids is 1. The van der Waals surface area contributed by atoms with Crippen molar-refractivity contribution in [1.29, 1.82) is 0 Å². The van der Waals surface area contributed by atoms with Crippen molar-refractivity contribution in [2.75, 3.05) is 7.11 Å². The van der Waals surface area contributed by atoms with Crippen molar-refractivity contribution in [1.82, 2.24) is 4.98 Å². The maximum Gasteiger partial charge on any atom is 0.351 e. The highest BCUT2D eigenvalue weighted by Crippen LogP contribution is 2.34. The van der Waals surface area contributed by atoms with Gasteiger partial charge in [-0.05, 0) is 12.1 Å². The average Bonchev–Trinajstić information content (AvgIpc) is 2.74. The van der Waals surface area contributed by atoms with Crippen LogP contribution in [-0.4, -0.2) is 18.1 Å². The molecule has 0 radical (unpaired) electrons. The van der Waals surface area contributed by atoms with Gasteiger partial charge in [0.25, 0.3) is 5.19 Å². The van der Waals surface area contributed by atoms with Gasteiger partial charge >= 0.3 is 5.97 Å². The number of ether oxygens (including phenoxy) is 2. The highest BCUT2D eigenvalue weighted by molar-refractivity contribution is 7.15. The fraction of sp³-hybridized carbons (Fsp3) is 0.0909. The van der Waals surface area contributed by atoms with E-state index in [4.69, 9.17) is 16.3 Å². The van der Waals surface area contributed by atoms with Crippen LogP contribution in [0.15, 0.2) is 18.2 Å². The number of thiazole rings is 1. The van der Waals surface area contributed by atoms with Crippen molar-refractivity contribution in [3.05, 3.63) is 39.9 Å². The Morgan fingerprint density at radius 1 is 1.37 bits per heavy atom. The van der Waals surface area contributed by atoms with Crippen LogP contribution in [0.1, 0.15) is 9.67 Å². The van der Waals surface area contributed by atoms with Crippen molar-refractivity contribution in [2.24, 2.45) is 0 Å². The van der Waals surface area contributed by atoms with Gasteiger partial charge in [0.1, 0.15) is 0 Å². The van der Waals surface area contributed by atoms with E-state index in [-0.39, 0.29) is 15.2 Å². The Kier molecular flexibility index (Phi) is 3.96. The first kappa shape index (κ1) is 13.7. The molecule has 0 unspecified atom stereocenters. The van der Waals surface area contributed by atoms with E-state index >= 15 is 0 Å². The number of esters is 1. The molecule has 0 aliphatic carbocycles. The predicted molar refractivity (Wildman–Crippen MR) is 64.9 cm³/mol. The fourth-order valence-corrected chi connectivity index (χ4v) is 2.27. The zero-order chi connectivity index (χ0) is 14.0. The molecule has 0 saturated heterocycles. The second-order valence-corrected chi connectivity index (χ2v) is 4.56. The van der Waals surface area contributed by atoms with Crippen LogP contribution in [0.25, 0.3) is 0 Å². The molecule has 1 heterocycles. The molecule has 0 atom stereocenters. The number of aromatic nitrogens is 1. The van der Waals surface area contributed by atoms with E-state index in [1.165, 1.54) is 13.2 Å². The Morgan fingerprint density at radius 2 is 2.00 bits per heavy atom. The summed E-state index contributed by atoms with van der Waals surface area (Å²) in [7, 11) is 1.18. The molecule has 0 amide bonds. The molecule has 0 aliphatic heterocycles. The molecular formula is C11H6ClF2NO3S. The lowest BCUT2D eigenvalue weighted by Crippen LogP contribution is -1.98. The van der Waals surface area contributed by atoms with Gasteiger partial charge < -0.3 is 9.47 Å². The van der Waals surface area contributed by atoms with E-state index in [0.717, 1.165) is 23.5 Å². The molecular weight excluding hydrogens is 300 g/mol. The van der Waals surface area contributed by atoms with Gasteiger partial charge in [-0.3, -0.25) is 0 Å². The third-order valence-electron chi connectivity index (χ3n) is 2.05. The van der Waals surface area contributed by atoms with Crippen LogP contribution in [0.4, 0.5) is 8.78 Å². The molecule has 0 aliphatic rings. The van der Waals surface area contributed by atoms with Crippen LogP contribution in [0, 0.1) is 11.6 Å².